The molecule has 1 aromatic carbocycles. The van der Waals surface area contributed by atoms with Crippen molar-refractivity contribution in [1.82, 2.24) is 20.8 Å². The summed E-state index contributed by atoms with van der Waals surface area (Å²) in [6, 6.07) is 8.16. The summed E-state index contributed by atoms with van der Waals surface area (Å²) in [4.78, 5) is 8.61. The van der Waals surface area contributed by atoms with Gasteiger partial charge in [0.05, 0.1) is 19.2 Å². The van der Waals surface area contributed by atoms with Gasteiger partial charge in [-0.05, 0) is 44.4 Å². The highest BCUT2D eigenvalue weighted by atomic mass is 16.5. The van der Waals surface area contributed by atoms with Crippen molar-refractivity contribution >= 4 is 5.96 Å². The maximum Gasteiger partial charge on any atom is 0.246 e. The van der Waals surface area contributed by atoms with Crippen LogP contribution in [0.4, 0.5) is 0 Å². The summed E-state index contributed by atoms with van der Waals surface area (Å²) in [5.41, 5.74) is 1.13. The van der Waals surface area contributed by atoms with Crippen LogP contribution in [0, 0.1) is 5.92 Å². The van der Waals surface area contributed by atoms with Crippen molar-refractivity contribution in [2.75, 3.05) is 20.3 Å². The highest BCUT2D eigenvalue weighted by Crippen LogP contribution is 2.18. The molecule has 1 aromatic heterocycles. The minimum absolute atomic E-state index is 0.0663. The van der Waals surface area contributed by atoms with E-state index < -0.39 is 0 Å². The van der Waals surface area contributed by atoms with Crippen molar-refractivity contribution in [1.29, 1.82) is 0 Å². The van der Waals surface area contributed by atoms with Gasteiger partial charge in [0.1, 0.15) is 11.9 Å². The molecule has 0 saturated heterocycles. The van der Waals surface area contributed by atoms with Gasteiger partial charge in [0.15, 0.2) is 11.8 Å². The van der Waals surface area contributed by atoms with Crippen LogP contribution in [-0.2, 0) is 11.3 Å². The Labute approximate surface area is 173 Å². The third kappa shape index (κ3) is 7.38. The Balaban J connectivity index is 1.86. The van der Waals surface area contributed by atoms with Crippen LogP contribution in [0.5, 0.6) is 5.75 Å². The summed E-state index contributed by atoms with van der Waals surface area (Å²) in [5, 5.41) is 10.5. The van der Waals surface area contributed by atoms with Crippen molar-refractivity contribution < 1.29 is 14.0 Å². The molecule has 0 fully saturated rings. The maximum atomic E-state index is 5.74. The number of benzene rings is 1. The Bertz CT molecular complexity index is 758. The summed E-state index contributed by atoms with van der Waals surface area (Å²) in [6.07, 6.45) is -0.192. The van der Waals surface area contributed by atoms with Crippen LogP contribution in [0.25, 0.3) is 0 Å². The van der Waals surface area contributed by atoms with Crippen LogP contribution >= 0.6 is 0 Å². The average Bonchev–Trinajstić information content (AvgIpc) is 3.19. The van der Waals surface area contributed by atoms with Gasteiger partial charge in [0.2, 0.25) is 5.89 Å². The quantitative estimate of drug-likeness (QED) is 0.462. The van der Waals surface area contributed by atoms with Crippen molar-refractivity contribution in [2.24, 2.45) is 10.9 Å². The molecule has 8 nitrogen and oxygen atoms in total. The molecule has 0 aliphatic carbocycles. The van der Waals surface area contributed by atoms with Crippen molar-refractivity contribution in [3.63, 3.8) is 0 Å². The lowest BCUT2D eigenvalue weighted by atomic mass is 10.1. The molecule has 2 N–H and O–H groups in total. The molecule has 160 valence electrons. The van der Waals surface area contributed by atoms with Crippen LogP contribution in [0.15, 0.2) is 33.8 Å². The predicted molar refractivity (Wildman–Crippen MR) is 113 cm³/mol. The van der Waals surface area contributed by atoms with E-state index in [1.54, 1.807) is 7.05 Å². The third-order valence-corrected chi connectivity index (χ3v) is 4.21. The molecule has 2 atom stereocenters. The largest absolute Gasteiger partial charge is 0.493 e. The second kappa shape index (κ2) is 11.4. The van der Waals surface area contributed by atoms with E-state index in [1.165, 1.54) is 0 Å². The van der Waals surface area contributed by atoms with Crippen LogP contribution in [-0.4, -0.2) is 36.4 Å². The van der Waals surface area contributed by atoms with E-state index in [-0.39, 0.29) is 12.1 Å². The lowest BCUT2D eigenvalue weighted by molar-refractivity contribution is 0.0683. The van der Waals surface area contributed by atoms with Crippen molar-refractivity contribution in [3.05, 3.63) is 41.5 Å². The van der Waals surface area contributed by atoms with Crippen LogP contribution in [0.3, 0.4) is 0 Å². The molecule has 2 rings (SSSR count). The lowest BCUT2D eigenvalue weighted by Crippen LogP contribution is -2.38. The molecular weight excluding hydrogens is 370 g/mol. The first kappa shape index (κ1) is 22.7. The van der Waals surface area contributed by atoms with Crippen LogP contribution < -0.4 is 15.4 Å². The topological polar surface area (TPSA) is 93.8 Å². The maximum absolute atomic E-state index is 5.74. The lowest BCUT2D eigenvalue weighted by Gasteiger charge is -2.18. The fraction of sp³-hybridized carbons (Fsp3) is 0.571. The Morgan fingerprint density at radius 2 is 1.90 bits per heavy atom. The molecule has 2 unspecified atom stereocenters. The van der Waals surface area contributed by atoms with Gasteiger partial charge in [-0.25, -0.2) is 0 Å². The minimum atomic E-state index is -0.192. The Hall–Kier alpha value is -2.61. The average molecular weight is 404 g/mol. The van der Waals surface area contributed by atoms with Crippen molar-refractivity contribution in [2.45, 2.75) is 53.3 Å². The smallest absolute Gasteiger partial charge is 0.246 e. The molecule has 8 heteroatoms. The molecule has 29 heavy (non-hydrogen) atoms. The zero-order valence-electron chi connectivity index (χ0n) is 18.2. The molecule has 0 amide bonds. The molecular formula is C21H33N5O3. The van der Waals surface area contributed by atoms with Gasteiger partial charge in [0, 0.05) is 13.7 Å². The Morgan fingerprint density at radius 3 is 2.52 bits per heavy atom. The monoisotopic (exact) mass is 403 g/mol. The van der Waals surface area contributed by atoms with Crippen LogP contribution in [0.2, 0.25) is 0 Å². The fourth-order valence-corrected chi connectivity index (χ4v) is 2.59. The summed E-state index contributed by atoms with van der Waals surface area (Å²) in [7, 11) is 1.72. The predicted octanol–water partition coefficient (Wildman–Crippen LogP) is 3.63. The van der Waals surface area contributed by atoms with Gasteiger partial charge < -0.3 is 24.6 Å². The summed E-state index contributed by atoms with van der Waals surface area (Å²) >= 11 is 0. The number of hydrogen-bond acceptors (Lipinski definition) is 6. The number of rotatable bonds is 10. The molecule has 0 bridgehead atoms. The molecule has 0 aliphatic rings. The summed E-state index contributed by atoms with van der Waals surface area (Å²) < 4.78 is 16.5. The van der Waals surface area contributed by atoms with E-state index in [9.17, 15) is 0 Å². The SMILES string of the molecule is CCOC(C)c1noc(CNC(=NC)NC(C)c2ccc(OCC(C)C)cc2)n1. The standard InChI is InChI=1S/C21H33N5O3/c1-7-27-16(5)20-25-19(29-26-20)12-23-21(22-6)24-15(4)17-8-10-18(11-9-17)28-13-14(2)3/h8-11,14-16H,7,12-13H2,1-6H3,(H2,22,23,24). The van der Waals surface area contributed by atoms with E-state index in [2.05, 4.69) is 58.7 Å². The minimum Gasteiger partial charge on any atom is -0.493 e. The number of nitrogens with one attached hydrogen (secondary N) is 2. The number of hydrogen-bond donors (Lipinski definition) is 2. The molecule has 2 aromatic rings. The fourth-order valence-electron chi connectivity index (χ4n) is 2.59. The summed E-state index contributed by atoms with van der Waals surface area (Å²) in [6.45, 7) is 11.9. The third-order valence-electron chi connectivity index (χ3n) is 4.21. The van der Waals surface area contributed by atoms with E-state index in [0.29, 0.717) is 43.4 Å². The van der Waals surface area contributed by atoms with Crippen LogP contribution in [0.1, 0.15) is 64.0 Å². The van der Waals surface area contributed by atoms with Gasteiger partial charge in [0.25, 0.3) is 0 Å². The highest BCUT2D eigenvalue weighted by molar-refractivity contribution is 5.80. The van der Waals surface area contributed by atoms with Gasteiger partial charge in [-0.2, -0.15) is 4.98 Å². The molecule has 0 aliphatic heterocycles. The number of aromatic nitrogens is 2. The zero-order valence-corrected chi connectivity index (χ0v) is 18.2. The normalized spacial score (nSPS) is 14.0. The molecule has 0 saturated carbocycles. The van der Waals surface area contributed by atoms with E-state index in [4.69, 9.17) is 14.0 Å². The highest BCUT2D eigenvalue weighted by Gasteiger charge is 2.14. The van der Waals surface area contributed by atoms with E-state index in [0.717, 1.165) is 11.3 Å². The molecule has 0 spiro atoms. The second-order valence-electron chi connectivity index (χ2n) is 7.21. The molecule has 1 heterocycles. The Kier molecular flexibility index (Phi) is 8.92. The first-order valence-corrected chi connectivity index (χ1v) is 10.1. The molecule has 0 radical (unpaired) electrons. The van der Waals surface area contributed by atoms with Gasteiger partial charge >= 0.3 is 0 Å². The number of guanidine groups is 1. The van der Waals surface area contributed by atoms with Gasteiger partial charge in [-0.3, -0.25) is 4.99 Å². The van der Waals surface area contributed by atoms with E-state index >= 15 is 0 Å². The van der Waals surface area contributed by atoms with E-state index in [1.807, 2.05) is 26.0 Å². The number of ether oxygens (including phenoxy) is 2. The second-order valence-corrected chi connectivity index (χ2v) is 7.21. The van der Waals surface area contributed by atoms with Gasteiger partial charge in [-0.1, -0.05) is 31.1 Å². The Morgan fingerprint density at radius 1 is 1.17 bits per heavy atom. The van der Waals surface area contributed by atoms with Crippen molar-refractivity contribution in [3.8, 4) is 5.75 Å². The number of aliphatic imine (C=N–C) groups is 1. The van der Waals surface area contributed by atoms with Gasteiger partial charge in [-0.15, -0.1) is 0 Å². The first-order chi connectivity index (χ1) is 13.9. The zero-order chi connectivity index (χ0) is 21.2. The first-order valence-electron chi connectivity index (χ1n) is 10.1. The number of nitrogens with zero attached hydrogens (tertiary/aromatic N) is 3. The summed E-state index contributed by atoms with van der Waals surface area (Å²) in [5.74, 6) is 3.05.